The van der Waals surface area contributed by atoms with E-state index < -0.39 is 6.29 Å². The lowest BCUT2D eigenvalue weighted by molar-refractivity contribution is -0.197. The van der Waals surface area contributed by atoms with Gasteiger partial charge in [-0.2, -0.15) is 0 Å². The van der Waals surface area contributed by atoms with E-state index in [-0.39, 0.29) is 5.60 Å². The first-order valence-corrected chi connectivity index (χ1v) is 16.1. The Bertz CT molecular complexity index is 433. The minimum atomic E-state index is -0.597. The molecule has 0 spiro atoms. The van der Waals surface area contributed by atoms with Crippen LogP contribution in [0, 0.1) is 5.92 Å². The average Bonchev–Trinajstić information content (AvgIpc) is 2.85. The van der Waals surface area contributed by atoms with E-state index in [4.69, 9.17) is 4.74 Å². The van der Waals surface area contributed by atoms with Crippen LogP contribution in [0.3, 0.4) is 0 Å². The first kappa shape index (κ1) is 32.9. The van der Waals surface area contributed by atoms with Crippen molar-refractivity contribution in [2.24, 2.45) is 5.92 Å². The molecule has 0 saturated carbocycles. The Balaban J connectivity index is 1.76. The normalized spacial score (nSPS) is 16.1. The van der Waals surface area contributed by atoms with Crippen molar-refractivity contribution in [1.82, 2.24) is 5.32 Å². The Morgan fingerprint density at radius 3 is 1.34 bits per heavy atom. The van der Waals surface area contributed by atoms with Crippen LogP contribution in [0.15, 0.2) is 0 Å². The third-order valence-electron chi connectivity index (χ3n) is 8.32. The van der Waals surface area contributed by atoms with Gasteiger partial charge in [0.2, 0.25) is 0 Å². The number of ether oxygens (including phenoxy) is 1. The second-order valence-corrected chi connectivity index (χ2v) is 12.1. The summed E-state index contributed by atoms with van der Waals surface area (Å²) in [6.45, 7) is 8.76. The van der Waals surface area contributed by atoms with Crippen molar-refractivity contribution in [3.05, 3.63) is 0 Å². The van der Waals surface area contributed by atoms with Gasteiger partial charge in [-0.15, -0.1) is 0 Å². The lowest BCUT2D eigenvalue weighted by Gasteiger charge is -2.38. The standard InChI is InChI=1S/C32H65NO2/c1-4-5-6-7-8-9-10-11-12-13-14-15-16-17-18-19-20-21-22-23-24-25-31(34)35-32(2,3)30-26-28-33-29-27-30/h30-31,33-34H,4-29H2,1-3H3. The SMILES string of the molecule is CCCCCCCCCCCCCCCCCCCCCCCC(O)OC(C)(C)C1CCNCC1. The zero-order valence-electron chi connectivity index (χ0n) is 24.4. The second-order valence-electron chi connectivity index (χ2n) is 12.1. The van der Waals surface area contributed by atoms with Crippen molar-refractivity contribution in [3.8, 4) is 0 Å². The molecule has 1 rings (SSSR count). The Hall–Kier alpha value is -0.120. The van der Waals surface area contributed by atoms with Crippen molar-refractivity contribution >= 4 is 0 Å². The van der Waals surface area contributed by atoms with Crippen LogP contribution in [-0.2, 0) is 4.74 Å². The van der Waals surface area contributed by atoms with Crippen LogP contribution in [0.5, 0.6) is 0 Å². The molecule has 3 heteroatoms. The van der Waals surface area contributed by atoms with E-state index in [1.807, 2.05) is 0 Å². The molecule has 0 aromatic heterocycles. The molecule has 0 bridgehead atoms. The summed E-state index contributed by atoms with van der Waals surface area (Å²) in [6, 6.07) is 0. The first-order chi connectivity index (χ1) is 17.1. The number of nitrogens with one attached hydrogen (secondary N) is 1. The van der Waals surface area contributed by atoms with E-state index in [0.717, 1.165) is 38.8 Å². The quantitative estimate of drug-likeness (QED) is 0.0978. The van der Waals surface area contributed by atoms with Crippen LogP contribution < -0.4 is 5.32 Å². The van der Waals surface area contributed by atoms with E-state index in [9.17, 15) is 5.11 Å². The highest BCUT2D eigenvalue weighted by atomic mass is 16.6. The van der Waals surface area contributed by atoms with Gasteiger partial charge in [0.05, 0.1) is 5.60 Å². The van der Waals surface area contributed by atoms with Crippen LogP contribution in [0.2, 0.25) is 0 Å². The Kier molecular flexibility index (Phi) is 21.7. The fraction of sp³-hybridized carbons (Fsp3) is 1.00. The van der Waals surface area contributed by atoms with Crippen LogP contribution >= 0.6 is 0 Å². The van der Waals surface area contributed by atoms with Crippen molar-refractivity contribution < 1.29 is 9.84 Å². The molecule has 35 heavy (non-hydrogen) atoms. The number of unbranched alkanes of at least 4 members (excludes halogenated alkanes) is 20. The molecular weight excluding hydrogens is 430 g/mol. The second kappa shape index (κ2) is 23.0. The predicted molar refractivity (Wildman–Crippen MR) is 154 cm³/mol. The van der Waals surface area contributed by atoms with Gasteiger partial charge in [0.25, 0.3) is 0 Å². The lowest BCUT2D eigenvalue weighted by atomic mass is 9.83. The smallest absolute Gasteiger partial charge is 0.155 e. The molecule has 0 aromatic carbocycles. The fourth-order valence-electron chi connectivity index (χ4n) is 5.77. The highest BCUT2D eigenvalue weighted by Gasteiger charge is 2.33. The summed E-state index contributed by atoms with van der Waals surface area (Å²) < 4.78 is 6.05. The third kappa shape index (κ3) is 19.6. The van der Waals surface area contributed by atoms with E-state index in [0.29, 0.717) is 5.92 Å². The largest absolute Gasteiger partial charge is 0.368 e. The molecule has 0 aliphatic carbocycles. The lowest BCUT2D eigenvalue weighted by Crippen LogP contribution is -2.43. The third-order valence-corrected chi connectivity index (χ3v) is 8.32. The van der Waals surface area contributed by atoms with Crippen molar-refractivity contribution in [2.45, 2.75) is 187 Å². The summed E-state index contributed by atoms with van der Waals surface area (Å²) >= 11 is 0. The Morgan fingerprint density at radius 1 is 0.629 bits per heavy atom. The Morgan fingerprint density at radius 2 is 0.971 bits per heavy atom. The summed E-state index contributed by atoms with van der Waals surface area (Å²) in [5.74, 6) is 0.554. The van der Waals surface area contributed by atoms with Gasteiger partial charge in [-0.25, -0.2) is 0 Å². The van der Waals surface area contributed by atoms with Gasteiger partial charge in [0, 0.05) is 0 Å². The van der Waals surface area contributed by atoms with E-state index in [1.165, 1.54) is 128 Å². The molecule has 1 fully saturated rings. The van der Waals surface area contributed by atoms with Crippen molar-refractivity contribution in [3.63, 3.8) is 0 Å². The van der Waals surface area contributed by atoms with E-state index in [1.54, 1.807) is 0 Å². The molecule has 2 N–H and O–H groups in total. The molecule has 1 aliphatic heterocycles. The molecule has 0 radical (unpaired) electrons. The summed E-state index contributed by atoms with van der Waals surface area (Å²) in [5.41, 5.74) is -0.214. The molecule has 1 atom stereocenters. The van der Waals surface area contributed by atoms with Gasteiger partial charge < -0.3 is 15.2 Å². The van der Waals surface area contributed by atoms with Gasteiger partial charge in [0.1, 0.15) is 0 Å². The van der Waals surface area contributed by atoms with Gasteiger partial charge in [-0.1, -0.05) is 135 Å². The monoisotopic (exact) mass is 496 g/mol. The summed E-state index contributed by atoms with van der Waals surface area (Å²) in [6.07, 6.45) is 32.0. The molecule has 210 valence electrons. The van der Waals surface area contributed by atoms with Crippen molar-refractivity contribution in [1.29, 1.82) is 0 Å². The maximum absolute atomic E-state index is 10.3. The highest BCUT2D eigenvalue weighted by molar-refractivity contribution is 4.83. The van der Waals surface area contributed by atoms with Crippen LogP contribution in [0.1, 0.15) is 175 Å². The maximum atomic E-state index is 10.3. The number of aliphatic hydroxyl groups excluding tert-OH is 1. The topological polar surface area (TPSA) is 41.5 Å². The van der Waals surface area contributed by atoms with Crippen LogP contribution in [0.25, 0.3) is 0 Å². The summed E-state index contributed by atoms with van der Waals surface area (Å²) in [4.78, 5) is 0. The number of aliphatic hydroxyl groups is 1. The van der Waals surface area contributed by atoms with Gasteiger partial charge in [-0.3, -0.25) is 0 Å². The molecule has 1 aliphatic rings. The minimum absolute atomic E-state index is 0.214. The molecule has 1 unspecified atom stereocenters. The first-order valence-electron chi connectivity index (χ1n) is 16.1. The number of piperidine rings is 1. The highest BCUT2D eigenvalue weighted by Crippen LogP contribution is 2.30. The zero-order valence-corrected chi connectivity index (χ0v) is 24.4. The Labute approximate surface area is 221 Å². The van der Waals surface area contributed by atoms with Gasteiger partial charge in [0.15, 0.2) is 6.29 Å². The van der Waals surface area contributed by atoms with Crippen molar-refractivity contribution in [2.75, 3.05) is 13.1 Å². The summed E-state index contributed by atoms with van der Waals surface area (Å²) in [5, 5.41) is 13.8. The zero-order chi connectivity index (χ0) is 25.5. The van der Waals surface area contributed by atoms with Gasteiger partial charge in [-0.05, 0) is 58.5 Å². The van der Waals surface area contributed by atoms with Crippen LogP contribution in [0.4, 0.5) is 0 Å². The average molecular weight is 496 g/mol. The number of rotatable bonds is 25. The number of hydrogen-bond acceptors (Lipinski definition) is 3. The summed E-state index contributed by atoms with van der Waals surface area (Å²) in [7, 11) is 0. The molecule has 1 heterocycles. The maximum Gasteiger partial charge on any atom is 0.155 e. The molecule has 3 nitrogen and oxygen atoms in total. The molecule has 0 amide bonds. The van der Waals surface area contributed by atoms with Crippen LogP contribution in [-0.4, -0.2) is 30.1 Å². The molecule has 0 aromatic rings. The van der Waals surface area contributed by atoms with E-state index in [2.05, 4.69) is 26.1 Å². The predicted octanol–water partition coefficient (Wildman–Crippen LogP) is 9.70. The molecular formula is C32H65NO2. The number of hydrogen-bond donors (Lipinski definition) is 2. The minimum Gasteiger partial charge on any atom is -0.368 e. The van der Waals surface area contributed by atoms with E-state index >= 15 is 0 Å². The van der Waals surface area contributed by atoms with Gasteiger partial charge >= 0.3 is 0 Å². The fourth-order valence-corrected chi connectivity index (χ4v) is 5.77. The molecule has 1 saturated heterocycles.